The molecule has 12 nitrogen and oxygen atoms in total. The maximum absolute atomic E-state index is 12.1. The molecule has 0 bridgehead atoms. The van der Waals surface area contributed by atoms with E-state index in [0.717, 1.165) is 0 Å². The summed E-state index contributed by atoms with van der Waals surface area (Å²) in [5, 5.41) is 0. The summed E-state index contributed by atoms with van der Waals surface area (Å²) in [7, 11) is 0. The lowest BCUT2D eigenvalue weighted by Crippen LogP contribution is -2.16. The third-order valence-electron chi connectivity index (χ3n) is 6.81. The van der Waals surface area contributed by atoms with Crippen LogP contribution in [0.5, 0.6) is 0 Å². The number of hydrogen-bond donors (Lipinski definition) is 0. The lowest BCUT2D eigenvalue weighted by molar-refractivity contribution is -0.154. The molecule has 12 heteroatoms. The van der Waals surface area contributed by atoms with E-state index in [9.17, 15) is 28.8 Å². The maximum Gasteiger partial charge on any atom is 0.303 e. The Kier molecular flexibility index (Phi) is 7.67. The van der Waals surface area contributed by atoms with Crippen molar-refractivity contribution < 1.29 is 57.2 Å². The number of ether oxygens (including phenoxy) is 6. The molecule has 4 rings (SSSR count). The third-order valence-corrected chi connectivity index (χ3v) is 6.81. The van der Waals surface area contributed by atoms with Gasteiger partial charge in [-0.25, -0.2) is 0 Å². The molecule has 0 N–H and O–H groups in total. The minimum Gasteiger partial charge on any atom is -0.457 e. The maximum atomic E-state index is 12.1. The highest BCUT2D eigenvalue weighted by atomic mass is 16.6. The summed E-state index contributed by atoms with van der Waals surface area (Å²) in [6.45, 7) is 7.39. The number of carbonyl (C=O) groups is 6. The Hall–Kier alpha value is -3.96. The van der Waals surface area contributed by atoms with E-state index >= 15 is 0 Å². The zero-order valence-electron chi connectivity index (χ0n) is 22.5. The van der Waals surface area contributed by atoms with Crippen LogP contribution in [-0.4, -0.2) is 35.8 Å². The predicted molar refractivity (Wildman–Crippen MR) is 127 cm³/mol. The van der Waals surface area contributed by atoms with E-state index in [2.05, 4.69) is 0 Å². The van der Waals surface area contributed by atoms with Crippen molar-refractivity contribution in [3.63, 3.8) is 0 Å². The monoisotopic (exact) mass is 546 g/mol. The Labute approximate surface area is 224 Å². The van der Waals surface area contributed by atoms with Gasteiger partial charge in [-0.2, -0.15) is 0 Å². The summed E-state index contributed by atoms with van der Waals surface area (Å²) >= 11 is 0. The van der Waals surface area contributed by atoms with Crippen LogP contribution in [0.4, 0.5) is 0 Å². The van der Waals surface area contributed by atoms with Gasteiger partial charge in [0.1, 0.15) is 36.6 Å². The highest BCUT2D eigenvalue weighted by molar-refractivity contribution is 5.74. The van der Waals surface area contributed by atoms with Crippen LogP contribution in [-0.2, 0) is 57.2 Å². The molecule has 0 saturated carbocycles. The Balaban J connectivity index is 2.11. The van der Waals surface area contributed by atoms with E-state index in [0.29, 0.717) is 33.4 Å². The molecule has 0 saturated heterocycles. The second kappa shape index (κ2) is 10.7. The minimum absolute atomic E-state index is 0.0490. The fourth-order valence-corrected chi connectivity index (χ4v) is 6.09. The van der Waals surface area contributed by atoms with Crippen LogP contribution < -0.4 is 0 Å². The molecule has 1 aromatic carbocycles. The first kappa shape index (κ1) is 28.1. The van der Waals surface area contributed by atoms with E-state index in [-0.39, 0.29) is 19.3 Å². The minimum atomic E-state index is -0.916. The van der Waals surface area contributed by atoms with E-state index in [1.807, 2.05) is 0 Å². The average Bonchev–Trinajstić information content (AvgIpc) is 3.38. The second-order valence-electron chi connectivity index (χ2n) is 9.78. The molecule has 0 fully saturated rings. The van der Waals surface area contributed by atoms with Crippen molar-refractivity contribution in [1.29, 1.82) is 0 Å². The molecule has 6 atom stereocenters. The first-order valence-electron chi connectivity index (χ1n) is 12.5. The van der Waals surface area contributed by atoms with Crippen molar-refractivity contribution >= 4 is 35.8 Å². The average molecular weight is 547 g/mol. The van der Waals surface area contributed by atoms with E-state index in [1.165, 1.54) is 41.5 Å². The Morgan fingerprint density at radius 1 is 0.359 bits per heavy atom. The molecular formula is C27H30O12. The molecule has 0 heterocycles. The Morgan fingerprint density at radius 3 is 0.590 bits per heavy atom. The number of rotatable bonds is 6. The highest BCUT2D eigenvalue weighted by Crippen LogP contribution is 2.61. The van der Waals surface area contributed by atoms with Crippen LogP contribution in [0.3, 0.4) is 0 Å². The molecule has 0 unspecified atom stereocenters. The van der Waals surface area contributed by atoms with E-state index in [4.69, 9.17) is 28.4 Å². The molecule has 0 amide bonds. The summed E-state index contributed by atoms with van der Waals surface area (Å²) in [6.07, 6.45) is -5.35. The van der Waals surface area contributed by atoms with Gasteiger partial charge >= 0.3 is 35.8 Å². The quantitative estimate of drug-likeness (QED) is 0.378. The zero-order chi connectivity index (χ0) is 28.8. The largest absolute Gasteiger partial charge is 0.457 e. The SMILES string of the molecule is CC(=O)O[C@H]1C[C@@H](OC(C)=O)c2c1c1c(c3c2[C@@H](OC(C)=O)C[C@H]3OC(C)=O)[C@H](OC(C)=O)C[C@@H]1OC(C)=O. The lowest BCUT2D eigenvalue weighted by Gasteiger charge is -2.25. The second-order valence-corrected chi connectivity index (χ2v) is 9.78. The van der Waals surface area contributed by atoms with Gasteiger partial charge in [-0.1, -0.05) is 0 Å². The van der Waals surface area contributed by atoms with Crippen molar-refractivity contribution in [3.8, 4) is 0 Å². The van der Waals surface area contributed by atoms with E-state index < -0.39 is 72.4 Å². The van der Waals surface area contributed by atoms with Gasteiger partial charge in [0.25, 0.3) is 0 Å². The first-order valence-corrected chi connectivity index (χ1v) is 12.5. The van der Waals surface area contributed by atoms with Crippen LogP contribution in [0.1, 0.15) is 131 Å². The number of hydrogen-bond acceptors (Lipinski definition) is 12. The number of carbonyl (C=O) groups excluding carboxylic acids is 6. The number of fused-ring (bicyclic) bond motifs is 6. The Bertz CT molecular complexity index is 999. The summed E-state index contributed by atoms with van der Waals surface area (Å²) in [4.78, 5) is 72.7. The van der Waals surface area contributed by atoms with Crippen LogP contribution in [0, 0.1) is 0 Å². The predicted octanol–water partition coefficient (Wildman–Crippen LogP) is 3.52. The third kappa shape index (κ3) is 5.45. The van der Waals surface area contributed by atoms with Crippen molar-refractivity contribution in [2.24, 2.45) is 0 Å². The molecule has 0 radical (unpaired) electrons. The summed E-state index contributed by atoms with van der Waals surface area (Å²) in [6, 6.07) is 0. The van der Waals surface area contributed by atoms with Crippen LogP contribution in [0.25, 0.3) is 0 Å². The first-order chi connectivity index (χ1) is 18.3. The number of esters is 6. The van der Waals surface area contributed by atoms with Crippen LogP contribution >= 0.6 is 0 Å². The highest BCUT2D eigenvalue weighted by Gasteiger charge is 2.53. The van der Waals surface area contributed by atoms with Crippen molar-refractivity contribution in [1.82, 2.24) is 0 Å². The molecule has 0 spiro atoms. The molecule has 3 aliphatic carbocycles. The summed E-state index contributed by atoms with van der Waals surface area (Å²) < 4.78 is 33.8. The Morgan fingerprint density at radius 2 is 0.487 bits per heavy atom. The molecular weight excluding hydrogens is 516 g/mol. The molecule has 39 heavy (non-hydrogen) atoms. The molecule has 0 aromatic heterocycles. The van der Waals surface area contributed by atoms with Gasteiger partial charge in [-0.05, 0) is 0 Å². The fraction of sp³-hybridized carbons (Fsp3) is 0.556. The van der Waals surface area contributed by atoms with Crippen LogP contribution in [0.15, 0.2) is 0 Å². The van der Waals surface area contributed by atoms with Crippen molar-refractivity contribution in [2.75, 3.05) is 0 Å². The van der Waals surface area contributed by atoms with Gasteiger partial charge < -0.3 is 28.4 Å². The molecule has 3 aliphatic rings. The fourth-order valence-electron chi connectivity index (χ4n) is 6.09. The molecule has 1 aromatic rings. The topological polar surface area (TPSA) is 158 Å². The molecule has 0 aliphatic heterocycles. The van der Waals surface area contributed by atoms with Crippen molar-refractivity contribution in [3.05, 3.63) is 33.4 Å². The lowest BCUT2D eigenvalue weighted by atomic mass is 9.87. The van der Waals surface area contributed by atoms with E-state index in [1.54, 1.807) is 0 Å². The molecule has 210 valence electrons. The van der Waals surface area contributed by atoms with Crippen molar-refractivity contribution in [2.45, 2.75) is 97.4 Å². The van der Waals surface area contributed by atoms with Crippen LogP contribution in [0.2, 0.25) is 0 Å². The smallest absolute Gasteiger partial charge is 0.303 e. The summed E-state index contributed by atoms with van der Waals surface area (Å²) in [5.74, 6) is -3.60. The zero-order valence-corrected chi connectivity index (χ0v) is 22.5. The number of benzene rings is 1. The van der Waals surface area contributed by atoms with Gasteiger partial charge in [0.15, 0.2) is 0 Å². The van der Waals surface area contributed by atoms with Gasteiger partial charge in [0.2, 0.25) is 0 Å². The summed E-state index contributed by atoms with van der Waals surface area (Å²) in [5.41, 5.74) is 2.54. The van der Waals surface area contributed by atoms with Gasteiger partial charge in [-0.3, -0.25) is 28.8 Å². The standard InChI is InChI=1S/C27H30O12/c1-10(28)34-16-7-17(35-11(2)29)23-22(16)24-18(36-12(3)30)8-19(37-13(4)31)26(24)27-21(39-15(6)33)9-20(25(23)27)38-14(5)32/h16-21H,7-9H2,1-6H3/t16-,17+,18-,19+,20-,21+. The normalized spacial score (nSPS) is 26.0. The van der Waals surface area contributed by atoms with Gasteiger partial charge in [0.05, 0.1) is 0 Å². The van der Waals surface area contributed by atoms with Gasteiger partial charge in [0, 0.05) is 94.2 Å². The van der Waals surface area contributed by atoms with Gasteiger partial charge in [-0.15, -0.1) is 0 Å².